The van der Waals surface area contributed by atoms with E-state index in [-0.39, 0.29) is 10.6 Å². The zero-order valence-electron chi connectivity index (χ0n) is 18.0. The Morgan fingerprint density at radius 3 is 2.65 bits per heavy atom. The highest BCUT2D eigenvalue weighted by molar-refractivity contribution is 6.45. The molecule has 7 nitrogen and oxygen atoms in total. The third-order valence-corrected chi connectivity index (χ3v) is 6.90. The molecule has 2 fully saturated rings. The van der Waals surface area contributed by atoms with Crippen molar-refractivity contribution in [2.45, 2.75) is 64.1 Å². The molecule has 0 aromatic heterocycles. The van der Waals surface area contributed by atoms with Crippen molar-refractivity contribution >= 4 is 23.4 Å². The molecule has 0 aromatic rings. The molecular formula is C23H25ClO7. The Kier molecular flexibility index (Phi) is 4.81. The van der Waals surface area contributed by atoms with Gasteiger partial charge in [0.25, 0.3) is 0 Å². The van der Waals surface area contributed by atoms with Crippen LogP contribution in [0.2, 0.25) is 0 Å². The Morgan fingerprint density at radius 1 is 1.35 bits per heavy atom. The summed E-state index contributed by atoms with van der Waals surface area (Å²) in [5, 5.41) is 21.7. The standard InChI is InChI=1S/C23H25ClO7/c1-6-11(2)9-12(3)7-8-14-10-15-17(24)18(26)21(5)23(28,22(15)20(29-14)31-22)16(13(4)25)19(27)30-21/h7-11,20,25,28H,6H2,1-5H3. The van der Waals surface area contributed by atoms with E-state index in [2.05, 4.69) is 19.9 Å². The minimum atomic E-state index is -2.30. The van der Waals surface area contributed by atoms with E-state index in [9.17, 15) is 19.8 Å². The van der Waals surface area contributed by atoms with Crippen LogP contribution in [0.5, 0.6) is 0 Å². The lowest BCUT2D eigenvalue weighted by molar-refractivity contribution is -0.173. The van der Waals surface area contributed by atoms with Crippen LogP contribution in [0.4, 0.5) is 0 Å². The number of allylic oxidation sites excluding steroid dienone is 5. The molecule has 1 spiro atoms. The summed E-state index contributed by atoms with van der Waals surface area (Å²) in [7, 11) is 0. The van der Waals surface area contributed by atoms with E-state index in [1.54, 1.807) is 6.08 Å². The summed E-state index contributed by atoms with van der Waals surface area (Å²) in [5.41, 5.74) is -5.21. The lowest BCUT2D eigenvalue weighted by Crippen LogP contribution is -2.68. The van der Waals surface area contributed by atoms with Gasteiger partial charge in [0.05, 0.1) is 5.03 Å². The molecule has 3 aliphatic heterocycles. The first-order valence-corrected chi connectivity index (χ1v) is 10.6. The van der Waals surface area contributed by atoms with Crippen molar-refractivity contribution in [3.63, 3.8) is 0 Å². The molecule has 4 rings (SSSR count). The summed E-state index contributed by atoms with van der Waals surface area (Å²) in [6, 6.07) is 0. The van der Waals surface area contributed by atoms with Crippen LogP contribution in [0, 0.1) is 5.92 Å². The zero-order valence-corrected chi connectivity index (χ0v) is 18.7. The van der Waals surface area contributed by atoms with Crippen LogP contribution in [-0.4, -0.2) is 45.1 Å². The Balaban J connectivity index is 1.82. The number of ether oxygens (including phenoxy) is 3. The third kappa shape index (κ3) is 2.66. The molecular weight excluding hydrogens is 424 g/mol. The molecule has 1 aliphatic carbocycles. The quantitative estimate of drug-likeness (QED) is 0.223. The average molecular weight is 449 g/mol. The van der Waals surface area contributed by atoms with Gasteiger partial charge in [0.15, 0.2) is 11.2 Å². The van der Waals surface area contributed by atoms with E-state index in [0.717, 1.165) is 12.0 Å². The molecule has 4 aliphatic rings. The largest absolute Gasteiger partial charge is 0.512 e. The molecule has 0 saturated carbocycles. The summed E-state index contributed by atoms with van der Waals surface area (Å²) in [6.45, 7) is 8.69. The fourth-order valence-corrected chi connectivity index (χ4v) is 5.00. The molecule has 31 heavy (non-hydrogen) atoms. The second kappa shape index (κ2) is 6.82. The highest BCUT2D eigenvalue weighted by Gasteiger charge is 2.88. The van der Waals surface area contributed by atoms with Crippen LogP contribution < -0.4 is 0 Å². The predicted molar refractivity (Wildman–Crippen MR) is 112 cm³/mol. The van der Waals surface area contributed by atoms with E-state index in [0.29, 0.717) is 11.7 Å². The van der Waals surface area contributed by atoms with Gasteiger partial charge in [-0.05, 0) is 38.8 Å². The van der Waals surface area contributed by atoms with Crippen LogP contribution in [0.15, 0.2) is 57.6 Å². The SMILES string of the molecule is CCC(C)C=C(C)C=CC1=CC2=C(Cl)C(=O)C3(C)OC(=O)C(=C(C)O)C3(O)C23OC3O1. The van der Waals surface area contributed by atoms with Gasteiger partial charge in [-0.1, -0.05) is 49.6 Å². The summed E-state index contributed by atoms with van der Waals surface area (Å²) in [5.74, 6) is -1.43. The van der Waals surface area contributed by atoms with Crippen molar-refractivity contribution in [1.29, 1.82) is 0 Å². The number of carbonyl (C=O) groups is 2. The first-order chi connectivity index (χ1) is 14.4. The highest BCUT2D eigenvalue weighted by atomic mass is 35.5. The lowest BCUT2D eigenvalue weighted by atomic mass is 9.62. The number of carbonyl (C=O) groups excluding carboxylic acids is 2. The molecule has 166 valence electrons. The van der Waals surface area contributed by atoms with Gasteiger partial charge < -0.3 is 24.4 Å². The van der Waals surface area contributed by atoms with Crippen molar-refractivity contribution in [2.24, 2.45) is 5.92 Å². The van der Waals surface area contributed by atoms with Crippen LogP contribution >= 0.6 is 11.6 Å². The Morgan fingerprint density at radius 2 is 2.03 bits per heavy atom. The van der Waals surface area contributed by atoms with Gasteiger partial charge in [-0.3, -0.25) is 4.79 Å². The number of epoxide rings is 1. The number of esters is 1. The van der Waals surface area contributed by atoms with Gasteiger partial charge in [0, 0.05) is 5.57 Å². The van der Waals surface area contributed by atoms with Crippen LogP contribution in [-0.2, 0) is 23.8 Å². The summed E-state index contributed by atoms with van der Waals surface area (Å²) in [6.07, 6.45) is 7.25. The van der Waals surface area contributed by atoms with Gasteiger partial charge >= 0.3 is 5.97 Å². The molecule has 3 heterocycles. The van der Waals surface area contributed by atoms with Crippen LogP contribution in [0.3, 0.4) is 0 Å². The third-order valence-electron chi connectivity index (χ3n) is 6.52. The number of rotatable bonds is 4. The van der Waals surface area contributed by atoms with Gasteiger partial charge in [0.1, 0.15) is 17.1 Å². The maximum Gasteiger partial charge on any atom is 0.341 e. The molecule has 5 unspecified atom stereocenters. The van der Waals surface area contributed by atoms with Crippen molar-refractivity contribution in [1.82, 2.24) is 0 Å². The number of fused-ring (bicyclic) bond motifs is 1. The van der Waals surface area contributed by atoms with Gasteiger partial charge in [-0.2, -0.15) is 0 Å². The fourth-order valence-electron chi connectivity index (χ4n) is 4.63. The zero-order chi connectivity index (χ0) is 22.9. The van der Waals surface area contributed by atoms with Crippen molar-refractivity contribution in [2.75, 3.05) is 0 Å². The average Bonchev–Trinajstić information content (AvgIpc) is 3.39. The molecule has 0 amide bonds. The summed E-state index contributed by atoms with van der Waals surface area (Å²) in [4.78, 5) is 25.6. The van der Waals surface area contributed by atoms with E-state index in [1.165, 1.54) is 19.9 Å². The Bertz CT molecular complexity index is 1040. The number of hydrogen-bond donors (Lipinski definition) is 2. The van der Waals surface area contributed by atoms with Gasteiger partial charge in [0.2, 0.25) is 17.7 Å². The van der Waals surface area contributed by atoms with Crippen molar-refractivity contribution in [3.05, 3.63) is 57.6 Å². The van der Waals surface area contributed by atoms with Gasteiger partial charge in [-0.15, -0.1) is 0 Å². The second-order valence-electron chi connectivity index (χ2n) is 8.63. The molecule has 0 radical (unpaired) electrons. The maximum atomic E-state index is 13.1. The Labute approximate surface area is 185 Å². The first kappa shape index (κ1) is 21.9. The van der Waals surface area contributed by atoms with Crippen molar-refractivity contribution < 1.29 is 34.0 Å². The molecule has 0 bridgehead atoms. The number of aliphatic hydroxyl groups excluding tert-OH is 1. The molecule has 5 atom stereocenters. The van der Waals surface area contributed by atoms with E-state index < -0.39 is 46.2 Å². The number of halogens is 1. The summed E-state index contributed by atoms with van der Waals surface area (Å²) < 4.78 is 16.9. The maximum absolute atomic E-state index is 13.1. The van der Waals surface area contributed by atoms with E-state index in [4.69, 9.17) is 25.8 Å². The fraction of sp³-hybridized carbons (Fsp3) is 0.478. The predicted octanol–water partition coefficient (Wildman–Crippen LogP) is 3.50. The Hall–Kier alpha value is -2.35. The number of ketones is 1. The van der Waals surface area contributed by atoms with E-state index >= 15 is 0 Å². The lowest BCUT2D eigenvalue weighted by Gasteiger charge is -2.44. The highest BCUT2D eigenvalue weighted by Crippen LogP contribution is 2.67. The first-order valence-electron chi connectivity index (χ1n) is 10.2. The normalized spacial score (nSPS) is 39.4. The minimum absolute atomic E-state index is 0.190. The smallest absolute Gasteiger partial charge is 0.341 e. The minimum Gasteiger partial charge on any atom is -0.512 e. The topological polar surface area (TPSA) is 106 Å². The summed E-state index contributed by atoms with van der Waals surface area (Å²) >= 11 is 6.40. The number of aliphatic hydroxyl groups is 2. The van der Waals surface area contributed by atoms with E-state index in [1.807, 2.05) is 13.0 Å². The second-order valence-corrected chi connectivity index (χ2v) is 9.01. The monoisotopic (exact) mass is 448 g/mol. The molecule has 0 aromatic carbocycles. The molecule has 2 saturated heterocycles. The molecule has 8 heteroatoms. The van der Waals surface area contributed by atoms with Gasteiger partial charge in [-0.25, -0.2) is 4.79 Å². The molecule has 2 N–H and O–H groups in total. The van der Waals surface area contributed by atoms with Crippen LogP contribution in [0.25, 0.3) is 0 Å². The number of hydrogen-bond acceptors (Lipinski definition) is 7. The number of Topliss-reactive ketones (excluding diaryl/α,β-unsaturated/α-hetero) is 1. The van der Waals surface area contributed by atoms with Crippen molar-refractivity contribution in [3.8, 4) is 0 Å². The van der Waals surface area contributed by atoms with Crippen LogP contribution in [0.1, 0.15) is 41.0 Å².